The lowest BCUT2D eigenvalue weighted by molar-refractivity contribution is -0.122. The summed E-state index contributed by atoms with van der Waals surface area (Å²) in [6.45, 7) is 8.94. The van der Waals surface area contributed by atoms with Gasteiger partial charge in [0.25, 0.3) is 0 Å². The van der Waals surface area contributed by atoms with E-state index in [0.717, 1.165) is 29.8 Å². The zero-order valence-corrected chi connectivity index (χ0v) is 18.2. The van der Waals surface area contributed by atoms with Crippen molar-refractivity contribution in [1.29, 1.82) is 0 Å². The van der Waals surface area contributed by atoms with E-state index in [1.807, 2.05) is 31.2 Å². The van der Waals surface area contributed by atoms with Gasteiger partial charge in [-0.15, -0.1) is 5.10 Å². The Kier molecular flexibility index (Phi) is 5.05. The molecule has 2 saturated carbocycles. The summed E-state index contributed by atoms with van der Waals surface area (Å²) in [5.74, 6) is 0.291. The molecule has 0 unspecified atom stereocenters. The third kappa shape index (κ3) is 3.61. The van der Waals surface area contributed by atoms with Crippen LogP contribution in [-0.4, -0.2) is 27.9 Å². The number of benzene rings is 1. The van der Waals surface area contributed by atoms with Crippen molar-refractivity contribution in [3.05, 3.63) is 29.8 Å². The maximum Gasteiger partial charge on any atom is 0.240 e. The fourth-order valence-corrected chi connectivity index (χ4v) is 5.71. The summed E-state index contributed by atoms with van der Waals surface area (Å²) in [4.78, 5) is 24.6. The van der Waals surface area contributed by atoms with Gasteiger partial charge in [-0.2, -0.15) is 5.10 Å². The monoisotopic (exact) mass is 412 g/mol. The highest BCUT2D eigenvalue weighted by Crippen LogP contribution is 2.64. The molecule has 3 fully saturated rings. The van der Waals surface area contributed by atoms with Crippen molar-refractivity contribution in [3.63, 3.8) is 0 Å². The smallest absolute Gasteiger partial charge is 0.240 e. The fourth-order valence-electron chi connectivity index (χ4n) is 4.79. The number of amidine groups is 1. The highest BCUT2D eigenvalue weighted by Gasteiger charge is 2.60. The van der Waals surface area contributed by atoms with Crippen molar-refractivity contribution in [2.24, 2.45) is 27.0 Å². The number of aryl methyl sites for hydroxylation is 1. The van der Waals surface area contributed by atoms with Crippen LogP contribution in [0.3, 0.4) is 0 Å². The van der Waals surface area contributed by atoms with Gasteiger partial charge in [0.2, 0.25) is 11.8 Å². The van der Waals surface area contributed by atoms with Crippen molar-refractivity contribution >= 4 is 40.1 Å². The number of carbonyl (C=O) groups excluding carboxylic acids is 2. The van der Waals surface area contributed by atoms with Crippen LogP contribution in [0.5, 0.6) is 0 Å². The van der Waals surface area contributed by atoms with Crippen LogP contribution >= 0.6 is 11.8 Å². The maximum atomic E-state index is 12.3. The SMILES string of the molecule is Cc1ccc(NC(=O)C[C@H]2S/C(=N\N=C3\C[C@@H]4CC[C@]3(C)C4(C)C)NC2=O)cc1. The largest absolute Gasteiger partial charge is 0.326 e. The summed E-state index contributed by atoms with van der Waals surface area (Å²) in [5.41, 5.74) is 3.33. The van der Waals surface area contributed by atoms with Crippen LogP contribution < -0.4 is 10.6 Å². The van der Waals surface area contributed by atoms with Gasteiger partial charge in [-0.25, -0.2) is 0 Å². The van der Waals surface area contributed by atoms with Crippen LogP contribution in [0, 0.1) is 23.7 Å². The van der Waals surface area contributed by atoms with E-state index in [-0.39, 0.29) is 29.1 Å². The van der Waals surface area contributed by atoms with Gasteiger partial charge >= 0.3 is 0 Å². The highest BCUT2D eigenvalue weighted by molar-refractivity contribution is 8.15. The number of fused-ring (bicyclic) bond motifs is 2. The van der Waals surface area contributed by atoms with E-state index in [1.165, 1.54) is 18.2 Å². The van der Waals surface area contributed by atoms with E-state index < -0.39 is 5.25 Å². The zero-order valence-electron chi connectivity index (χ0n) is 17.4. The summed E-state index contributed by atoms with van der Waals surface area (Å²) in [6, 6.07) is 7.59. The molecule has 6 nitrogen and oxygen atoms in total. The number of nitrogens with zero attached hydrogens (tertiary/aromatic N) is 2. The molecule has 1 aliphatic heterocycles. The highest BCUT2D eigenvalue weighted by atomic mass is 32.2. The molecule has 2 amide bonds. The van der Waals surface area contributed by atoms with Crippen LogP contribution in [0.1, 0.15) is 52.0 Å². The summed E-state index contributed by atoms with van der Waals surface area (Å²) < 4.78 is 0. The standard InChI is InChI=1S/C22H28N4O2S/c1-13-5-7-15(8-6-13)23-18(27)12-16-19(28)24-20(29-16)26-25-17-11-14-9-10-22(17,4)21(14,2)3/h5-8,14,16H,9-12H2,1-4H3,(H,23,27)(H,24,26,28)/b25-17-/t14-,16+,22-/m0/s1. The summed E-state index contributed by atoms with van der Waals surface area (Å²) in [5, 5.41) is 14.5. The topological polar surface area (TPSA) is 82.9 Å². The first kappa shape index (κ1) is 20.1. The summed E-state index contributed by atoms with van der Waals surface area (Å²) in [6.07, 6.45) is 3.49. The van der Waals surface area contributed by atoms with E-state index in [2.05, 4.69) is 41.6 Å². The van der Waals surface area contributed by atoms with E-state index >= 15 is 0 Å². The van der Waals surface area contributed by atoms with Crippen molar-refractivity contribution in [3.8, 4) is 0 Å². The number of carbonyl (C=O) groups is 2. The number of rotatable bonds is 4. The minimum atomic E-state index is -0.480. The number of thioether (sulfide) groups is 1. The molecule has 0 radical (unpaired) electrons. The van der Waals surface area contributed by atoms with Gasteiger partial charge in [-0.05, 0) is 49.7 Å². The van der Waals surface area contributed by atoms with Crippen LogP contribution in [0.4, 0.5) is 5.69 Å². The molecule has 3 aliphatic rings. The molecule has 2 aliphatic carbocycles. The molecule has 29 heavy (non-hydrogen) atoms. The second kappa shape index (κ2) is 7.27. The third-order valence-electron chi connectivity index (χ3n) is 7.26. The molecular formula is C22H28N4O2S. The lowest BCUT2D eigenvalue weighted by atomic mass is 9.70. The summed E-state index contributed by atoms with van der Waals surface area (Å²) >= 11 is 1.28. The van der Waals surface area contributed by atoms with Crippen molar-refractivity contribution in [2.75, 3.05) is 5.32 Å². The van der Waals surface area contributed by atoms with Gasteiger partial charge in [0.1, 0.15) is 5.25 Å². The van der Waals surface area contributed by atoms with Gasteiger partial charge in [0.15, 0.2) is 5.17 Å². The molecule has 4 rings (SSSR count). The Balaban J connectivity index is 1.38. The van der Waals surface area contributed by atoms with Crippen LogP contribution in [0.25, 0.3) is 0 Å². The molecule has 0 spiro atoms. The zero-order chi connectivity index (χ0) is 20.8. The molecule has 154 valence electrons. The number of nitrogens with one attached hydrogen (secondary N) is 2. The van der Waals surface area contributed by atoms with Crippen LogP contribution in [-0.2, 0) is 9.59 Å². The molecule has 1 saturated heterocycles. The maximum absolute atomic E-state index is 12.3. The Hall–Kier alpha value is -2.15. The van der Waals surface area contributed by atoms with Crippen molar-refractivity contribution < 1.29 is 9.59 Å². The second-order valence-electron chi connectivity index (χ2n) is 9.16. The first-order valence-corrected chi connectivity index (χ1v) is 11.1. The second-order valence-corrected chi connectivity index (χ2v) is 10.4. The normalized spacial score (nSPS) is 32.8. The molecule has 1 heterocycles. The van der Waals surface area contributed by atoms with Crippen molar-refractivity contribution in [2.45, 2.75) is 58.6 Å². The first-order valence-electron chi connectivity index (χ1n) is 10.2. The average molecular weight is 413 g/mol. The third-order valence-corrected chi connectivity index (χ3v) is 8.33. The molecule has 1 aromatic carbocycles. The Morgan fingerprint density at radius 1 is 1.24 bits per heavy atom. The Labute approximate surface area is 176 Å². The molecule has 1 aromatic rings. The van der Waals surface area contributed by atoms with Crippen LogP contribution in [0.15, 0.2) is 34.5 Å². The number of anilines is 1. The molecule has 2 bridgehead atoms. The predicted octanol–water partition coefficient (Wildman–Crippen LogP) is 4.11. The predicted molar refractivity (Wildman–Crippen MR) is 118 cm³/mol. The molecule has 3 atom stereocenters. The molecule has 0 aromatic heterocycles. The van der Waals surface area contributed by atoms with E-state index in [1.54, 1.807) is 0 Å². The molecular weight excluding hydrogens is 384 g/mol. The van der Waals surface area contributed by atoms with Gasteiger partial charge in [0, 0.05) is 23.2 Å². The van der Waals surface area contributed by atoms with Gasteiger partial charge in [-0.3, -0.25) is 9.59 Å². The van der Waals surface area contributed by atoms with Gasteiger partial charge in [0.05, 0.1) is 0 Å². The molecule has 2 N–H and O–H groups in total. The van der Waals surface area contributed by atoms with E-state index in [9.17, 15) is 9.59 Å². The minimum absolute atomic E-state index is 0.0856. The molecule has 7 heteroatoms. The number of amides is 2. The lowest BCUT2D eigenvalue weighted by Crippen LogP contribution is -2.32. The van der Waals surface area contributed by atoms with Gasteiger partial charge < -0.3 is 10.6 Å². The Bertz CT molecular complexity index is 906. The minimum Gasteiger partial charge on any atom is -0.326 e. The fraction of sp³-hybridized carbons (Fsp3) is 0.545. The number of hydrogen-bond acceptors (Lipinski definition) is 5. The van der Waals surface area contributed by atoms with E-state index in [4.69, 9.17) is 0 Å². The first-order chi connectivity index (χ1) is 13.7. The lowest BCUT2D eigenvalue weighted by Gasteiger charge is -2.34. The average Bonchev–Trinajstić information content (AvgIpc) is 3.18. The van der Waals surface area contributed by atoms with E-state index in [0.29, 0.717) is 11.1 Å². The Morgan fingerprint density at radius 2 is 1.97 bits per heavy atom. The number of hydrogen-bond donors (Lipinski definition) is 2. The Morgan fingerprint density at radius 3 is 2.59 bits per heavy atom. The van der Waals surface area contributed by atoms with Gasteiger partial charge in [-0.1, -0.05) is 50.2 Å². The summed E-state index contributed by atoms with van der Waals surface area (Å²) in [7, 11) is 0. The van der Waals surface area contributed by atoms with Crippen LogP contribution in [0.2, 0.25) is 0 Å². The van der Waals surface area contributed by atoms with Crippen molar-refractivity contribution in [1.82, 2.24) is 5.32 Å². The quantitative estimate of drug-likeness (QED) is 0.730.